The summed E-state index contributed by atoms with van der Waals surface area (Å²) in [7, 11) is 0. The molecule has 1 N–H and O–H groups in total. The average molecular weight is 206 g/mol. The number of guanidine groups is 1. The predicted molar refractivity (Wildman–Crippen MR) is 61.8 cm³/mol. The van der Waals surface area contributed by atoms with Crippen LogP contribution < -0.4 is 5.32 Å². The van der Waals surface area contributed by atoms with E-state index in [9.17, 15) is 0 Å². The summed E-state index contributed by atoms with van der Waals surface area (Å²) >= 11 is 0. The molecule has 0 amide bonds. The van der Waals surface area contributed by atoms with Crippen molar-refractivity contribution in [3.63, 3.8) is 0 Å². The van der Waals surface area contributed by atoms with Gasteiger partial charge in [0.15, 0.2) is 5.96 Å². The van der Waals surface area contributed by atoms with Gasteiger partial charge in [-0.1, -0.05) is 5.92 Å². The summed E-state index contributed by atoms with van der Waals surface area (Å²) in [5.74, 6) is 7.20. The first kappa shape index (κ1) is 10.3. The maximum Gasteiger partial charge on any atom is 0.197 e. The van der Waals surface area contributed by atoms with Crippen LogP contribution in [0.25, 0.3) is 0 Å². The highest BCUT2D eigenvalue weighted by Gasteiger charge is 2.22. The van der Waals surface area contributed by atoms with Crippen LogP contribution in [0.1, 0.15) is 6.92 Å². The summed E-state index contributed by atoms with van der Waals surface area (Å²) in [5, 5.41) is 3.35. The van der Waals surface area contributed by atoms with Gasteiger partial charge in [0.25, 0.3) is 0 Å². The van der Waals surface area contributed by atoms with Crippen LogP contribution >= 0.6 is 0 Å². The lowest BCUT2D eigenvalue weighted by atomic mass is 10.4. The van der Waals surface area contributed by atoms with Crippen LogP contribution in [0.15, 0.2) is 4.99 Å². The second-order valence-corrected chi connectivity index (χ2v) is 3.77. The van der Waals surface area contributed by atoms with Crippen molar-refractivity contribution in [3.8, 4) is 11.8 Å². The molecule has 0 bridgehead atoms. The summed E-state index contributed by atoms with van der Waals surface area (Å²) in [6.45, 7) is 8.90. The van der Waals surface area contributed by atoms with E-state index in [-0.39, 0.29) is 0 Å². The fourth-order valence-corrected chi connectivity index (χ4v) is 1.96. The Balaban J connectivity index is 1.95. The molecule has 4 heteroatoms. The molecule has 2 heterocycles. The predicted octanol–water partition coefficient (Wildman–Crippen LogP) is -0.413. The summed E-state index contributed by atoms with van der Waals surface area (Å²) in [4.78, 5) is 9.21. The van der Waals surface area contributed by atoms with Gasteiger partial charge in [-0.15, -0.1) is 5.92 Å². The Hall–Kier alpha value is -1.21. The first-order chi connectivity index (χ1) is 7.42. The Morgan fingerprint density at radius 3 is 2.87 bits per heavy atom. The zero-order valence-corrected chi connectivity index (χ0v) is 9.29. The van der Waals surface area contributed by atoms with Crippen LogP contribution in [0, 0.1) is 11.8 Å². The molecule has 1 saturated heterocycles. The number of piperazine rings is 1. The number of aliphatic imine (C=N–C) groups is 1. The van der Waals surface area contributed by atoms with E-state index in [1.807, 2.05) is 6.92 Å². The Bertz CT molecular complexity index is 293. The summed E-state index contributed by atoms with van der Waals surface area (Å²) in [5.41, 5.74) is 0. The van der Waals surface area contributed by atoms with Crippen molar-refractivity contribution < 1.29 is 0 Å². The highest BCUT2D eigenvalue weighted by molar-refractivity contribution is 5.82. The molecule has 2 aliphatic rings. The molecule has 0 aliphatic carbocycles. The summed E-state index contributed by atoms with van der Waals surface area (Å²) in [6.07, 6.45) is 0. The molecule has 2 aliphatic heterocycles. The minimum Gasteiger partial charge on any atom is -0.340 e. The average Bonchev–Trinajstić information content (AvgIpc) is 2.75. The molecule has 2 rings (SSSR count). The Morgan fingerprint density at radius 1 is 1.33 bits per heavy atom. The topological polar surface area (TPSA) is 30.9 Å². The highest BCUT2D eigenvalue weighted by Crippen LogP contribution is 2.06. The van der Waals surface area contributed by atoms with Crippen LogP contribution in [0.5, 0.6) is 0 Å². The Kier molecular flexibility index (Phi) is 3.46. The zero-order valence-electron chi connectivity index (χ0n) is 9.29. The van der Waals surface area contributed by atoms with Crippen molar-refractivity contribution >= 4 is 5.96 Å². The van der Waals surface area contributed by atoms with Crippen molar-refractivity contribution in [3.05, 3.63) is 0 Å². The number of hydrogen-bond acceptors (Lipinski definition) is 4. The van der Waals surface area contributed by atoms with Gasteiger partial charge in [0.2, 0.25) is 0 Å². The Labute approximate surface area is 91.3 Å². The van der Waals surface area contributed by atoms with E-state index < -0.39 is 0 Å². The maximum absolute atomic E-state index is 4.57. The van der Waals surface area contributed by atoms with Crippen molar-refractivity contribution in [2.75, 3.05) is 45.8 Å². The first-order valence-corrected chi connectivity index (χ1v) is 5.56. The molecule has 0 aromatic heterocycles. The minimum atomic E-state index is 0.819. The molecule has 0 unspecified atom stereocenters. The van der Waals surface area contributed by atoms with Gasteiger partial charge in [0.05, 0.1) is 13.1 Å². The van der Waals surface area contributed by atoms with E-state index in [1.54, 1.807) is 0 Å². The molecule has 0 aromatic carbocycles. The fourth-order valence-electron chi connectivity index (χ4n) is 1.96. The number of nitrogens with zero attached hydrogens (tertiary/aromatic N) is 3. The molecule has 0 atom stereocenters. The minimum absolute atomic E-state index is 0.819. The largest absolute Gasteiger partial charge is 0.340 e. The van der Waals surface area contributed by atoms with E-state index in [0.717, 1.165) is 51.8 Å². The van der Waals surface area contributed by atoms with E-state index in [1.165, 1.54) is 0 Å². The van der Waals surface area contributed by atoms with Gasteiger partial charge in [-0.2, -0.15) is 0 Å². The van der Waals surface area contributed by atoms with E-state index in [0.29, 0.717) is 0 Å². The molecular formula is C11H18N4. The molecule has 0 spiro atoms. The van der Waals surface area contributed by atoms with Crippen molar-refractivity contribution in [1.29, 1.82) is 0 Å². The molecule has 1 fully saturated rings. The zero-order chi connectivity index (χ0) is 10.5. The summed E-state index contributed by atoms with van der Waals surface area (Å²) < 4.78 is 0. The molecule has 0 aromatic rings. The highest BCUT2D eigenvalue weighted by atomic mass is 15.4. The fraction of sp³-hybridized carbons (Fsp3) is 0.727. The molecule has 0 radical (unpaired) electrons. The maximum atomic E-state index is 4.57. The SMILES string of the molecule is CC#CCN1CCN=C1N1CCNCC1. The monoisotopic (exact) mass is 206 g/mol. The first-order valence-electron chi connectivity index (χ1n) is 5.56. The van der Waals surface area contributed by atoms with Crippen LogP contribution in [-0.2, 0) is 0 Å². The standard InChI is InChI=1S/C11H18N4/c1-2-3-7-14-10-6-13-11(14)15-8-4-12-5-9-15/h12H,4-10H2,1H3. The smallest absolute Gasteiger partial charge is 0.197 e. The molecule has 82 valence electrons. The van der Waals surface area contributed by atoms with Gasteiger partial charge in [0.1, 0.15) is 0 Å². The van der Waals surface area contributed by atoms with Crippen LogP contribution in [0.4, 0.5) is 0 Å². The quantitative estimate of drug-likeness (QED) is 0.592. The van der Waals surface area contributed by atoms with Crippen molar-refractivity contribution in [1.82, 2.24) is 15.1 Å². The van der Waals surface area contributed by atoms with Gasteiger partial charge >= 0.3 is 0 Å². The molecular weight excluding hydrogens is 188 g/mol. The number of nitrogens with one attached hydrogen (secondary N) is 1. The van der Waals surface area contributed by atoms with E-state index >= 15 is 0 Å². The second kappa shape index (κ2) is 5.04. The van der Waals surface area contributed by atoms with Crippen LogP contribution in [-0.4, -0.2) is 61.6 Å². The van der Waals surface area contributed by atoms with Crippen LogP contribution in [0.2, 0.25) is 0 Å². The van der Waals surface area contributed by atoms with Gasteiger partial charge in [0, 0.05) is 32.7 Å². The van der Waals surface area contributed by atoms with Crippen LogP contribution in [0.3, 0.4) is 0 Å². The van der Waals surface area contributed by atoms with Gasteiger partial charge in [-0.25, -0.2) is 0 Å². The number of rotatable bonds is 1. The van der Waals surface area contributed by atoms with E-state index in [4.69, 9.17) is 0 Å². The van der Waals surface area contributed by atoms with Gasteiger partial charge < -0.3 is 15.1 Å². The van der Waals surface area contributed by atoms with Gasteiger partial charge in [-0.3, -0.25) is 4.99 Å². The summed E-state index contributed by atoms with van der Waals surface area (Å²) in [6, 6.07) is 0. The second-order valence-electron chi connectivity index (χ2n) is 3.77. The number of hydrogen-bond donors (Lipinski definition) is 1. The third-order valence-electron chi connectivity index (χ3n) is 2.75. The molecule has 4 nitrogen and oxygen atoms in total. The van der Waals surface area contributed by atoms with E-state index in [2.05, 4.69) is 31.9 Å². The van der Waals surface area contributed by atoms with Crippen molar-refractivity contribution in [2.45, 2.75) is 6.92 Å². The third kappa shape index (κ3) is 2.42. The normalized spacial score (nSPS) is 21.0. The lowest BCUT2D eigenvalue weighted by Crippen LogP contribution is -2.51. The molecule has 0 saturated carbocycles. The Morgan fingerprint density at radius 2 is 2.13 bits per heavy atom. The molecule has 15 heavy (non-hydrogen) atoms. The lowest BCUT2D eigenvalue weighted by molar-refractivity contribution is 0.316. The third-order valence-corrected chi connectivity index (χ3v) is 2.75. The lowest BCUT2D eigenvalue weighted by Gasteiger charge is -2.33. The van der Waals surface area contributed by atoms with Gasteiger partial charge in [-0.05, 0) is 6.92 Å². The van der Waals surface area contributed by atoms with Crippen molar-refractivity contribution in [2.24, 2.45) is 4.99 Å².